The number of halogens is 1. The number of ether oxygens (including phenoxy) is 1. The second-order valence-corrected chi connectivity index (χ2v) is 5.29. The molecule has 128 valence electrons. The third kappa shape index (κ3) is 4.63. The highest BCUT2D eigenvalue weighted by molar-refractivity contribution is 5.53. The topological polar surface area (TPSA) is 72.0 Å². The zero-order valence-corrected chi connectivity index (χ0v) is 13.7. The van der Waals surface area contributed by atoms with Gasteiger partial charge in [0.25, 0.3) is 0 Å². The van der Waals surface area contributed by atoms with Crippen molar-refractivity contribution in [2.75, 3.05) is 24.3 Å². The minimum Gasteiger partial charge on any atom is -0.496 e. The molecule has 0 aliphatic rings. The van der Waals surface area contributed by atoms with Gasteiger partial charge < -0.3 is 15.4 Å². The molecule has 7 heteroatoms. The number of nitrogens with one attached hydrogen (secondary N) is 2. The van der Waals surface area contributed by atoms with E-state index in [1.165, 1.54) is 12.1 Å². The van der Waals surface area contributed by atoms with Gasteiger partial charge in [0.1, 0.15) is 11.6 Å². The largest absolute Gasteiger partial charge is 0.496 e. The van der Waals surface area contributed by atoms with Crippen molar-refractivity contribution < 1.29 is 9.13 Å². The molecule has 2 N–H and O–H groups in total. The summed E-state index contributed by atoms with van der Waals surface area (Å²) in [7, 11) is 1.66. The fraction of sp³-hybridized carbons (Fsp3) is 0.167. The van der Waals surface area contributed by atoms with Crippen LogP contribution in [0.15, 0.2) is 54.7 Å². The summed E-state index contributed by atoms with van der Waals surface area (Å²) in [6, 6.07) is 13.8. The Morgan fingerprint density at radius 2 is 1.88 bits per heavy atom. The number of hydrogen-bond acceptors (Lipinski definition) is 6. The van der Waals surface area contributed by atoms with Gasteiger partial charge in [0, 0.05) is 12.2 Å². The van der Waals surface area contributed by atoms with Gasteiger partial charge in [-0.15, -0.1) is 5.10 Å². The van der Waals surface area contributed by atoms with E-state index in [0.717, 1.165) is 17.7 Å². The van der Waals surface area contributed by atoms with Crippen LogP contribution in [-0.4, -0.2) is 28.8 Å². The van der Waals surface area contributed by atoms with E-state index < -0.39 is 0 Å². The lowest BCUT2D eigenvalue weighted by Crippen LogP contribution is -2.09. The van der Waals surface area contributed by atoms with Crippen LogP contribution >= 0.6 is 0 Å². The molecule has 0 amide bonds. The van der Waals surface area contributed by atoms with E-state index in [9.17, 15) is 4.39 Å². The molecule has 1 aromatic heterocycles. The standard InChI is InChI=1S/C18H18FN5O/c1-25-16-5-3-2-4-13(16)10-11-20-17-12-21-24-18(23-17)22-15-8-6-14(19)7-9-15/h2-9,12H,10-11H2,1H3,(H2,20,22,23,24). The molecular weight excluding hydrogens is 321 g/mol. The highest BCUT2D eigenvalue weighted by atomic mass is 19.1. The Bertz CT molecular complexity index is 826. The number of anilines is 3. The van der Waals surface area contributed by atoms with Crippen molar-refractivity contribution in [3.8, 4) is 5.75 Å². The fourth-order valence-corrected chi connectivity index (χ4v) is 2.34. The maximum atomic E-state index is 12.9. The Balaban J connectivity index is 1.59. The molecule has 3 rings (SSSR count). The highest BCUT2D eigenvalue weighted by Gasteiger charge is 2.04. The molecule has 0 fully saturated rings. The second-order valence-electron chi connectivity index (χ2n) is 5.29. The number of para-hydroxylation sites is 1. The Morgan fingerprint density at radius 1 is 1.08 bits per heavy atom. The van der Waals surface area contributed by atoms with Crippen molar-refractivity contribution in [2.45, 2.75) is 6.42 Å². The van der Waals surface area contributed by atoms with Crippen LogP contribution in [0.4, 0.5) is 21.8 Å². The van der Waals surface area contributed by atoms with Crippen LogP contribution in [0.25, 0.3) is 0 Å². The smallest absolute Gasteiger partial charge is 0.249 e. The van der Waals surface area contributed by atoms with E-state index in [0.29, 0.717) is 24.0 Å². The van der Waals surface area contributed by atoms with Crippen LogP contribution in [-0.2, 0) is 6.42 Å². The molecule has 2 aromatic carbocycles. The molecule has 0 atom stereocenters. The first kappa shape index (κ1) is 16.6. The SMILES string of the molecule is COc1ccccc1CCNc1cnnc(Nc2ccc(F)cc2)n1. The monoisotopic (exact) mass is 339 g/mol. The maximum absolute atomic E-state index is 12.9. The molecule has 0 bridgehead atoms. The molecule has 25 heavy (non-hydrogen) atoms. The molecule has 0 saturated carbocycles. The fourth-order valence-electron chi connectivity index (χ4n) is 2.34. The Labute approximate surface area is 145 Å². The minimum absolute atomic E-state index is 0.295. The number of nitrogens with zero attached hydrogens (tertiary/aromatic N) is 3. The summed E-state index contributed by atoms with van der Waals surface area (Å²) in [5.41, 5.74) is 1.80. The molecule has 0 unspecified atom stereocenters. The Hall–Kier alpha value is -3.22. The Morgan fingerprint density at radius 3 is 2.68 bits per heavy atom. The molecule has 3 aromatic rings. The Kier molecular flexibility index (Phi) is 5.36. The highest BCUT2D eigenvalue weighted by Crippen LogP contribution is 2.18. The first-order valence-corrected chi connectivity index (χ1v) is 7.82. The summed E-state index contributed by atoms with van der Waals surface area (Å²) in [5.74, 6) is 1.52. The van der Waals surface area contributed by atoms with Gasteiger partial charge in [0.05, 0.1) is 13.3 Å². The number of aromatic nitrogens is 3. The average Bonchev–Trinajstić information content (AvgIpc) is 2.64. The van der Waals surface area contributed by atoms with E-state index in [1.807, 2.05) is 24.3 Å². The molecule has 0 spiro atoms. The summed E-state index contributed by atoms with van der Waals surface area (Å²) in [5, 5.41) is 14.0. The predicted molar refractivity (Wildman–Crippen MR) is 94.7 cm³/mol. The zero-order chi connectivity index (χ0) is 17.5. The summed E-state index contributed by atoms with van der Waals surface area (Å²) < 4.78 is 18.3. The normalized spacial score (nSPS) is 10.3. The van der Waals surface area contributed by atoms with Crippen molar-refractivity contribution in [1.29, 1.82) is 0 Å². The van der Waals surface area contributed by atoms with E-state index in [4.69, 9.17) is 4.74 Å². The van der Waals surface area contributed by atoms with E-state index in [1.54, 1.807) is 25.4 Å². The number of methoxy groups -OCH3 is 1. The van der Waals surface area contributed by atoms with Crippen LogP contribution in [0.3, 0.4) is 0 Å². The molecule has 0 radical (unpaired) electrons. The van der Waals surface area contributed by atoms with Crippen molar-refractivity contribution in [3.63, 3.8) is 0 Å². The third-order valence-electron chi connectivity index (χ3n) is 3.55. The van der Waals surface area contributed by atoms with Crippen LogP contribution in [0.2, 0.25) is 0 Å². The van der Waals surface area contributed by atoms with E-state index >= 15 is 0 Å². The molecule has 0 aliphatic carbocycles. The lowest BCUT2D eigenvalue weighted by molar-refractivity contribution is 0.410. The second kappa shape index (κ2) is 8.05. The lowest BCUT2D eigenvalue weighted by Gasteiger charge is -2.10. The van der Waals surface area contributed by atoms with Crippen molar-refractivity contribution in [1.82, 2.24) is 15.2 Å². The third-order valence-corrected chi connectivity index (χ3v) is 3.55. The number of hydrogen-bond donors (Lipinski definition) is 2. The van der Waals surface area contributed by atoms with Crippen LogP contribution in [0.1, 0.15) is 5.56 Å². The summed E-state index contributed by atoms with van der Waals surface area (Å²) in [4.78, 5) is 4.34. The van der Waals surface area contributed by atoms with Crippen molar-refractivity contribution in [3.05, 3.63) is 66.1 Å². The summed E-state index contributed by atoms with van der Waals surface area (Å²) in [6.45, 7) is 0.676. The summed E-state index contributed by atoms with van der Waals surface area (Å²) in [6.07, 6.45) is 2.34. The van der Waals surface area contributed by atoms with Crippen LogP contribution in [0.5, 0.6) is 5.75 Å². The van der Waals surface area contributed by atoms with Gasteiger partial charge in [0.2, 0.25) is 5.95 Å². The quantitative estimate of drug-likeness (QED) is 0.687. The molecular formula is C18H18FN5O. The van der Waals surface area contributed by atoms with Gasteiger partial charge in [-0.2, -0.15) is 10.1 Å². The van der Waals surface area contributed by atoms with Crippen LogP contribution in [0, 0.1) is 5.82 Å². The number of benzene rings is 2. The van der Waals surface area contributed by atoms with Gasteiger partial charge in [-0.05, 0) is 42.3 Å². The van der Waals surface area contributed by atoms with Gasteiger partial charge >= 0.3 is 0 Å². The maximum Gasteiger partial charge on any atom is 0.249 e. The van der Waals surface area contributed by atoms with Gasteiger partial charge in [-0.25, -0.2) is 4.39 Å². The molecule has 1 heterocycles. The van der Waals surface area contributed by atoms with E-state index in [2.05, 4.69) is 25.8 Å². The van der Waals surface area contributed by atoms with Gasteiger partial charge in [-0.1, -0.05) is 18.2 Å². The minimum atomic E-state index is -0.295. The summed E-state index contributed by atoms with van der Waals surface area (Å²) >= 11 is 0. The predicted octanol–water partition coefficient (Wildman–Crippen LogP) is 3.42. The first-order chi connectivity index (χ1) is 12.2. The average molecular weight is 339 g/mol. The first-order valence-electron chi connectivity index (χ1n) is 7.82. The molecule has 0 aliphatic heterocycles. The van der Waals surface area contributed by atoms with Crippen molar-refractivity contribution >= 4 is 17.5 Å². The molecule has 0 saturated heterocycles. The van der Waals surface area contributed by atoms with Gasteiger partial charge in [-0.3, -0.25) is 0 Å². The van der Waals surface area contributed by atoms with Crippen molar-refractivity contribution in [2.24, 2.45) is 0 Å². The number of rotatable bonds is 7. The van der Waals surface area contributed by atoms with E-state index in [-0.39, 0.29) is 5.82 Å². The lowest BCUT2D eigenvalue weighted by atomic mass is 10.1. The van der Waals surface area contributed by atoms with Gasteiger partial charge in [0.15, 0.2) is 5.82 Å². The van der Waals surface area contributed by atoms with Crippen LogP contribution < -0.4 is 15.4 Å². The zero-order valence-electron chi connectivity index (χ0n) is 13.7. The molecule has 6 nitrogen and oxygen atoms in total.